The number of hydrogen-bond donors (Lipinski definition) is 1. The van der Waals surface area contributed by atoms with E-state index >= 15 is 0 Å². The summed E-state index contributed by atoms with van der Waals surface area (Å²) in [5.41, 5.74) is 4.69. The maximum atomic E-state index is 12.2. The minimum absolute atomic E-state index is 0.0140. The van der Waals surface area contributed by atoms with Crippen LogP contribution in [0.25, 0.3) is 0 Å². The van der Waals surface area contributed by atoms with Crippen molar-refractivity contribution in [3.8, 4) is 0 Å². The van der Waals surface area contributed by atoms with E-state index in [-0.39, 0.29) is 11.3 Å². The normalized spacial score (nSPS) is 16.4. The molecule has 0 aromatic heterocycles. The topological polar surface area (TPSA) is 32.3 Å². The Labute approximate surface area is 141 Å². The minimum Gasteiger partial charge on any atom is -0.326 e. The van der Waals surface area contributed by atoms with Gasteiger partial charge in [-0.1, -0.05) is 39.3 Å². The molecule has 0 radical (unpaired) electrons. The van der Waals surface area contributed by atoms with E-state index in [0.717, 1.165) is 12.2 Å². The van der Waals surface area contributed by atoms with E-state index in [2.05, 4.69) is 57.0 Å². The molecule has 1 aliphatic rings. The maximum absolute atomic E-state index is 12.2. The Balaban J connectivity index is 2.06. The van der Waals surface area contributed by atoms with Crippen LogP contribution in [-0.4, -0.2) is 23.9 Å². The van der Waals surface area contributed by atoms with Crippen LogP contribution in [-0.2, 0) is 11.3 Å². The third-order valence-corrected chi connectivity index (χ3v) is 4.40. The highest BCUT2D eigenvalue weighted by atomic mass is 16.1. The van der Waals surface area contributed by atoms with Gasteiger partial charge in [0.2, 0.25) is 5.91 Å². The fourth-order valence-corrected chi connectivity index (χ4v) is 3.38. The zero-order chi connectivity index (χ0) is 17.0. The zero-order valence-electron chi connectivity index (χ0n) is 15.5. The average Bonchev–Trinajstić information content (AvgIpc) is 2.42. The number of carbonyl (C=O) groups excluding carboxylic acids is 1. The van der Waals surface area contributed by atoms with Crippen LogP contribution in [0.4, 0.5) is 5.69 Å². The Morgan fingerprint density at radius 2 is 1.65 bits per heavy atom. The van der Waals surface area contributed by atoms with E-state index < -0.39 is 0 Å². The van der Waals surface area contributed by atoms with Crippen LogP contribution in [0.1, 0.15) is 63.1 Å². The van der Waals surface area contributed by atoms with Gasteiger partial charge >= 0.3 is 0 Å². The van der Waals surface area contributed by atoms with Gasteiger partial charge in [-0.15, -0.1) is 0 Å². The predicted octanol–water partition coefficient (Wildman–Crippen LogP) is 4.66. The number of likely N-dealkylation sites (tertiary alicyclic amines) is 1. The predicted molar refractivity (Wildman–Crippen MR) is 97.7 cm³/mol. The van der Waals surface area contributed by atoms with Crippen molar-refractivity contribution in [2.45, 2.75) is 66.8 Å². The van der Waals surface area contributed by atoms with Gasteiger partial charge in [-0.2, -0.15) is 0 Å². The van der Waals surface area contributed by atoms with Gasteiger partial charge in [0.25, 0.3) is 0 Å². The van der Waals surface area contributed by atoms with Gasteiger partial charge in [-0.3, -0.25) is 9.69 Å². The lowest BCUT2D eigenvalue weighted by molar-refractivity contribution is -0.117. The second-order valence-electron chi connectivity index (χ2n) is 8.23. The smallest absolute Gasteiger partial charge is 0.224 e. The molecule has 23 heavy (non-hydrogen) atoms. The van der Waals surface area contributed by atoms with E-state index in [1.165, 1.54) is 49.0 Å². The Kier molecular flexibility index (Phi) is 5.85. The molecule has 3 nitrogen and oxygen atoms in total. The summed E-state index contributed by atoms with van der Waals surface area (Å²) >= 11 is 0. The van der Waals surface area contributed by atoms with Crippen LogP contribution in [0, 0.1) is 19.3 Å². The summed E-state index contributed by atoms with van der Waals surface area (Å²) in [6.45, 7) is 13.9. The number of benzene rings is 1. The van der Waals surface area contributed by atoms with Crippen LogP contribution >= 0.6 is 0 Å². The highest BCUT2D eigenvalue weighted by Gasteiger charge is 2.18. The fraction of sp³-hybridized carbons (Fsp3) is 0.650. The number of rotatable bonds is 4. The minimum atomic E-state index is 0.0140. The largest absolute Gasteiger partial charge is 0.326 e. The first-order chi connectivity index (χ1) is 10.7. The van der Waals surface area contributed by atoms with E-state index in [4.69, 9.17) is 0 Å². The van der Waals surface area contributed by atoms with E-state index in [1.807, 2.05) is 0 Å². The van der Waals surface area contributed by atoms with Gasteiger partial charge in [-0.25, -0.2) is 0 Å². The standard InChI is InChI=1S/C20H32N2O/c1-15-11-17(14-22-9-7-6-8-10-22)12-16(2)19(15)21-18(23)13-20(3,4)5/h11-12H,6-10,13-14H2,1-5H3,(H,21,23). The summed E-state index contributed by atoms with van der Waals surface area (Å²) in [5.74, 6) is 0.104. The van der Waals surface area contributed by atoms with Crippen molar-refractivity contribution >= 4 is 11.6 Å². The molecule has 1 amide bonds. The number of hydrogen-bond acceptors (Lipinski definition) is 2. The van der Waals surface area contributed by atoms with E-state index in [1.54, 1.807) is 0 Å². The van der Waals surface area contributed by atoms with Crippen molar-refractivity contribution in [3.05, 3.63) is 28.8 Å². The maximum Gasteiger partial charge on any atom is 0.224 e. The average molecular weight is 316 g/mol. The highest BCUT2D eigenvalue weighted by Crippen LogP contribution is 2.26. The van der Waals surface area contributed by atoms with Gasteiger partial charge in [0.05, 0.1) is 0 Å². The van der Waals surface area contributed by atoms with Gasteiger partial charge in [0.15, 0.2) is 0 Å². The zero-order valence-corrected chi connectivity index (χ0v) is 15.5. The summed E-state index contributed by atoms with van der Waals surface area (Å²) in [4.78, 5) is 14.8. The van der Waals surface area contributed by atoms with Crippen molar-refractivity contribution in [1.29, 1.82) is 0 Å². The molecule has 0 aliphatic carbocycles. The van der Waals surface area contributed by atoms with Crippen LogP contribution in [0.5, 0.6) is 0 Å². The molecule has 2 rings (SSSR count). The molecule has 1 aliphatic heterocycles. The lowest BCUT2D eigenvalue weighted by atomic mass is 9.92. The van der Waals surface area contributed by atoms with Gasteiger partial charge < -0.3 is 5.32 Å². The first-order valence-corrected chi connectivity index (χ1v) is 8.87. The van der Waals surface area contributed by atoms with Crippen LogP contribution in [0.3, 0.4) is 0 Å². The molecule has 1 N–H and O–H groups in total. The van der Waals surface area contributed by atoms with Crippen molar-refractivity contribution in [3.63, 3.8) is 0 Å². The molecule has 0 spiro atoms. The number of nitrogens with zero attached hydrogens (tertiary/aromatic N) is 1. The monoisotopic (exact) mass is 316 g/mol. The summed E-state index contributed by atoms with van der Waals surface area (Å²) in [6.07, 6.45) is 4.55. The molecular weight excluding hydrogens is 284 g/mol. The number of amides is 1. The molecule has 1 fully saturated rings. The van der Waals surface area contributed by atoms with Crippen LogP contribution < -0.4 is 5.32 Å². The van der Waals surface area contributed by atoms with Crippen LogP contribution in [0.15, 0.2) is 12.1 Å². The molecule has 0 bridgehead atoms. The van der Waals surface area contributed by atoms with Gasteiger partial charge in [-0.05, 0) is 61.9 Å². The molecule has 1 saturated heterocycles. The molecule has 1 heterocycles. The van der Waals surface area contributed by atoms with Crippen LogP contribution in [0.2, 0.25) is 0 Å². The molecule has 0 atom stereocenters. The number of nitrogens with one attached hydrogen (secondary N) is 1. The lowest BCUT2D eigenvalue weighted by Crippen LogP contribution is -2.29. The highest BCUT2D eigenvalue weighted by molar-refractivity contribution is 5.92. The number of piperidine rings is 1. The molecule has 1 aromatic carbocycles. The lowest BCUT2D eigenvalue weighted by Gasteiger charge is -2.27. The molecule has 128 valence electrons. The second-order valence-corrected chi connectivity index (χ2v) is 8.23. The Morgan fingerprint density at radius 1 is 1.09 bits per heavy atom. The van der Waals surface area contributed by atoms with Crippen molar-refractivity contribution in [2.24, 2.45) is 5.41 Å². The SMILES string of the molecule is Cc1cc(CN2CCCCC2)cc(C)c1NC(=O)CC(C)(C)C. The summed E-state index contributed by atoms with van der Waals surface area (Å²) in [6, 6.07) is 4.46. The van der Waals surface area contributed by atoms with Gasteiger partial charge in [0.1, 0.15) is 0 Å². The van der Waals surface area contributed by atoms with E-state index in [9.17, 15) is 4.79 Å². The first kappa shape index (κ1) is 18.0. The summed E-state index contributed by atoms with van der Waals surface area (Å²) in [7, 11) is 0. The molecule has 1 aromatic rings. The number of aryl methyl sites for hydroxylation is 2. The van der Waals surface area contributed by atoms with Crippen molar-refractivity contribution in [2.75, 3.05) is 18.4 Å². The van der Waals surface area contributed by atoms with Gasteiger partial charge in [0, 0.05) is 18.7 Å². The molecule has 3 heteroatoms. The summed E-state index contributed by atoms with van der Waals surface area (Å²) < 4.78 is 0. The molecular formula is C20H32N2O. The number of anilines is 1. The number of carbonyl (C=O) groups is 1. The Morgan fingerprint density at radius 3 is 2.17 bits per heavy atom. The Hall–Kier alpha value is -1.35. The second kappa shape index (κ2) is 7.48. The first-order valence-electron chi connectivity index (χ1n) is 8.87. The summed E-state index contributed by atoms with van der Waals surface area (Å²) in [5, 5.41) is 3.11. The fourth-order valence-electron chi connectivity index (χ4n) is 3.38. The van der Waals surface area contributed by atoms with Crippen molar-refractivity contribution in [1.82, 2.24) is 4.90 Å². The third-order valence-electron chi connectivity index (χ3n) is 4.40. The van der Waals surface area contributed by atoms with E-state index in [0.29, 0.717) is 6.42 Å². The van der Waals surface area contributed by atoms with Crippen molar-refractivity contribution < 1.29 is 4.79 Å². The Bertz CT molecular complexity index is 528. The molecule has 0 unspecified atom stereocenters. The molecule has 0 saturated carbocycles. The third kappa shape index (κ3) is 5.65. The quantitative estimate of drug-likeness (QED) is 0.876.